The Morgan fingerprint density at radius 3 is 2.65 bits per heavy atom. The van der Waals surface area contributed by atoms with Crippen molar-refractivity contribution in [3.05, 3.63) is 0 Å². The number of aliphatic hydroxyl groups is 1. The summed E-state index contributed by atoms with van der Waals surface area (Å²) in [5, 5.41) is 9.33. The van der Waals surface area contributed by atoms with Crippen molar-refractivity contribution < 1.29 is 14.6 Å². The van der Waals surface area contributed by atoms with Crippen LogP contribution in [-0.2, 0) is 9.53 Å². The summed E-state index contributed by atoms with van der Waals surface area (Å²) < 4.78 is 5.51. The number of rotatable bonds is 3. The van der Waals surface area contributed by atoms with E-state index in [4.69, 9.17) is 4.74 Å². The maximum absolute atomic E-state index is 12.1. The van der Waals surface area contributed by atoms with E-state index in [9.17, 15) is 9.90 Å². The molecule has 1 rings (SSSR count). The summed E-state index contributed by atoms with van der Waals surface area (Å²) in [5.74, 6) is 0.000810. The quantitative estimate of drug-likeness (QED) is 0.818. The Morgan fingerprint density at radius 2 is 2.06 bits per heavy atom. The van der Waals surface area contributed by atoms with Crippen molar-refractivity contribution in [3.8, 4) is 0 Å². The van der Waals surface area contributed by atoms with Crippen molar-refractivity contribution in [2.75, 3.05) is 19.8 Å². The first-order valence-corrected chi connectivity index (χ1v) is 6.48. The summed E-state index contributed by atoms with van der Waals surface area (Å²) in [5.41, 5.74) is -0.295. The Labute approximate surface area is 104 Å². The number of likely N-dealkylation sites (tertiary alicyclic amines) is 1. The first-order valence-electron chi connectivity index (χ1n) is 6.48. The normalized spacial score (nSPS) is 22.4. The Morgan fingerprint density at radius 1 is 1.35 bits per heavy atom. The fourth-order valence-electron chi connectivity index (χ4n) is 2.06. The predicted octanol–water partition coefficient (Wildman–Crippen LogP) is 1.56. The lowest BCUT2D eigenvalue weighted by Crippen LogP contribution is -2.44. The third-order valence-electron chi connectivity index (χ3n) is 3.04. The van der Waals surface area contributed by atoms with Gasteiger partial charge in [-0.25, -0.2) is 0 Å². The highest BCUT2D eigenvalue weighted by Gasteiger charge is 2.25. The molecular formula is C13H25NO3. The average molecular weight is 243 g/mol. The maximum atomic E-state index is 12.1. The van der Waals surface area contributed by atoms with Gasteiger partial charge < -0.3 is 14.7 Å². The summed E-state index contributed by atoms with van der Waals surface area (Å²) in [6, 6.07) is -0.0198. The minimum absolute atomic E-state index is 0.000810. The van der Waals surface area contributed by atoms with E-state index < -0.39 is 0 Å². The highest BCUT2D eigenvalue weighted by atomic mass is 16.5. The topological polar surface area (TPSA) is 49.8 Å². The van der Waals surface area contributed by atoms with Gasteiger partial charge >= 0.3 is 0 Å². The zero-order valence-electron chi connectivity index (χ0n) is 11.2. The van der Waals surface area contributed by atoms with Gasteiger partial charge in [0.25, 0.3) is 0 Å². The van der Waals surface area contributed by atoms with Gasteiger partial charge in [0.05, 0.1) is 18.2 Å². The summed E-state index contributed by atoms with van der Waals surface area (Å²) in [4.78, 5) is 13.8. The standard InChI is InChI=1S/C13H25NO3/c1-13(2,3)17-10-12(16)14-8-6-4-5-7-11(14)9-15/h11,15H,4-10H2,1-3H3. The van der Waals surface area contributed by atoms with Crippen LogP contribution < -0.4 is 0 Å². The van der Waals surface area contributed by atoms with E-state index in [0.717, 1.165) is 32.2 Å². The molecule has 4 nitrogen and oxygen atoms in total. The Bertz CT molecular complexity index is 248. The average Bonchev–Trinajstić information content (AvgIpc) is 2.49. The van der Waals surface area contributed by atoms with Crippen LogP contribution in [0.2, 0.25) is 0 Å². The molecule has 17 heavy (non-hydrogen) atoms. The van der Waals surface area contributed by atoms with Gasteiger partial charge in [-0.1, -0.05) is 12.8 Å². The maximum Gasteiger partial charge on any atom is 0.248 e. The van der Waals surface area contributed by atoms with Gasteiger partial charge in [-0.15, -0.1) is 0 Å². The summed E-state index contributed by atoms with van der Waals surface area (Å²) in [6.07, 6.45) is 4.16. The van der Waals surface area contributed by atoms with Crippen LogP contribution in [0.4, 0.5) is 0 Å². The fraction of sp³-hybridized carbons (Fsp3) is 0.923. The summed E-state index contributed by atoms with van der Waals surface area (Å²) in [7, 11) is 0. The van der Waals surface area contributed by atoms with Crippen LogP contribution in [0, 0.1) is 0 Å². The van der Waals surface area contributed by atoms with Crippen LogP contribution in [-0.4, -0.2) is 47.3 Å². The number of aliphatic hydroxyl groups excluding tert-OH is 1. The molecule has 0 saturated carbocycles. The molecule has 1 heterocycles. The zero-order valence-corrected chi connectivity index (χ0v) is 11.2. The van der Waals surface area contributed by atoms with Crippen molar-refractivity contribution in [1.82, 2.24) is 4.90 Å². The zero-order chi connectivity index (χ0) is 12.9. The molecule has 0 aromatic carbocycles. The Balaban J connectivity index is 2.52. The van der Waals surface area contributed by atoms with E-state index in [1.54, 1.807) is 4.90 Å². The molecule has 0 spiro atoms. The minimum Gasteiger partial charge on any atom is -0.394 e. The van der Waals surface area contributed by atoms with Crippen molar-refractivity contribution in [2.24, 2.45) is 0 Å². The first kappa shape index (κ1) is 14.5. The van der Waals surface area contributed by atoms with Crippen molar-refractivity contribution in [2.45, 2.75) is 58.1 Å². The monoisotopic (exact) mass is 243 g/mol. The predicted molar refractivity (Wildman–Crippen MR) is 66.8 cm³/mol. The summed E-state index contributed by atoms with van der Waals surface area (Å²) >= 11 is 0. The molecule has 1 unspecified atom stereocenters. The van der Waals surface area contributed by atoms with Crippen LogP contribution in [0.15, 0.2) is 0 Å². The molecule has 1 atom stereocenters. The van der Waals surface area contributed by atoms with E-state index in [-0.39, 0.29) is 30.8 Å². The number of hydrogen-bond donors (Lipinski definition) is 1. The van der Waals surface area contributed by atoms with Gasteiger partial charge in [0.1, 0.15) is 6.61 Å². The van der Waals surface area contributed by atoms with E-state index in [1.807, 2.05) is 20.8 Å². The SMILES string of the molecule is CC(C)(C)OCC(=O)N1CCCCCC1CO. The van der Waals surface area contributed by atoms with Crippen LogP contribution in [0.5, 0.6) is 0 Å². The van der Waals surface area contributed by atoms with E-state index in [1.165, 1.54) is 0 Å². The van der Waals surface area contributed by atoms with E-state index in [0.29, 0.717) is 0 Å². The van der Waals surface area contributed by atoms with E-state index >= 15 is 0 Å². The second-order valence-electron chi connectivity index (χ2n) is 5.67. The third-order valence-corrected chi connectivity index (χ3v) is 3.04. The first-order chi connectivity index (χ1) is 7.94. The largest absolute Gasteiger partial charge is 0.394 e. The molecule has 0 aromatic heterocycles. The summed E-state index contributed by atoms with van der Waals surface area (Å²) in [6.45, 7) is 6.73. The molecule has 0 radical (unpaired) electrons. The highest BCUT2D eigenvalue weighted by Crippen LogP contribution is 2.17. The fourth-order valence-corrected chi connectivity index (χ4v) is 2.06. The number of carbonyl (C=O) groups excluding carboxylic acids is 1. The molecule has 0 bridgehead atoms. The van der Waals surface area contributed by atoms with Gasteiger partial charge in [0, 0.05) is 6.54 Å². The lowest BCUT2D eigenvalue weighted by Gasteiger charge is -2.30. The van der Waals surface area contributed by atoms with Crippen LogP contribution in [0.25, 0.3) is 0 Å². The molecule has 4 heteroatoms. The molecule has 1 aliphatic heterocycles. The second-order valence-corrected chi connectivity index (χ2v) is 5.67. The van der Waals surface area contributed by atoms with Crippen LogP contribution in [0.3, 0.4) is 0 Å². The third kappa shape index (κ3) is 5.04. The molecular weight excluding hydrogens is 218 g/mol. The number of hydrogen-bond acceptors (Lipinski definition) is 3. The van der Waals surface area contributed by atoms with Crippen molar-refractivity contribution in [3.63, 3.8) is 0 Å². The van der Waals surface area contributed by atoms with Crippen molar-refractivity contribution >= 4 is 5.91 Å². The van der Waals surface area contributed by atoms with Crippen molar-refractivity contribution in [1.29, 1.82) is 0 Å². The number of amides is 1. The number of nitrogens with zero attached hydrogens (tertiary/aromatic N) is 1. The molecule has 0 aromatic rings. The van der Waals surface area contributed by atoms with Crippen LogP contribution >= 0.6 is 0 Å². The lowest BCUT2D eigenvalue weighted by molar-refractivity contribution is -0.144. The van der Waals surface area contributed by atoms with Gasteiger partial charge in [-0.2, -0.15) is 0 Å². The highest BCUT2D eigenvalue weighted by molar-refractivity contribution is 5.77. The molecule has 1 aliphatic rings. The molecule has 1 saturated heterocycles. The molecule has 1 amide bonds. The van der Waals surface area contributed by atoms with Gasteiger partial charge in [0.15, 0.2) is 0 Å². The van der Waals surface area contributed by atoms with Gasteiger partial charge in [-0.3, -0.25) is 4.79 Å². The molecule has 1 fully saturated rings. The van der Waals surface area contributed by atoms with Crippen LogP contribution in [0.1, 0.15) is 46.5 Å². The van der Waals surface area contributed by atoms with Gasteiger partial charge in [0.2, 0.25) is 5.91 Å². The molecule has 100 valence electrons. The Kier molecular flexibility index (Phi) is 5.40. The van der Waals surface area contributed by atoms with E-state index in [2.05, 4.69) is 0 Å². The second kappa shape index (κ2) is 6.36. The molecule has 1 N–H and O–H groups in total. The number of ether oxygens (including phenoxy) is 1. The minimum atomic E-state index is -0.295. The smallest absolute Gasteiger partial charge is 0.248 e. The Hall–Kier alpha value is -0.610. The lowest BCUT2D eigenvalue weighted by atomic mass is 10.1. The number of carbonyl (C=O) groups is 1. The van der Waals surface area contributed by atoms with Gasteiger partial charge in [-0.05, 0) is 33.6 Å². The molecule has 0 aliphatic carbocycles.